The molecule has 1 aliphatic heterocycles. The van der Waals surface area contributed by atoms with Crippen LogP contribution in [0, 0.1) is 5.92 Å². The van der Waals surface area contributed by atoms with Gasteiger partial charge in [-0.05, 0) is 44.8 Å². The molecule has 0 unspecified atom stereocenters. The number of hydrogen-bond donors (Lipinski definition) is 1. The number of methoxy groups -OCH3 is 1. The van der Waals surface area contributed by atoms with Gasteiger partial charge in [-0.25, -0.2) is 0 Å². The molecule has 2 aliphatic rings. The van der Waals surface area contributed by atoms with Gasteiger partial charge in [0.05, 0.1) is 12.5 Å². The number of carbonyl (C=O) groups is 1. The Labute approximate surface area is 176 Å². The summed E-state index contributed by atoms with van der Waals surface area (Å²) in [5.74, 6) is 0.203. The van der Waals surface area contributed by atoms with Gasteiger partial charge in [0.1, 0.15) is 0 Å². The number of hydrogen-bond acceptors (Lipinski definition) is 4. The van der Waals surface area contributed by atoms with Crippen molar-refractivity contribution in [2.24, 2.45) is 5.92 Å². The second-order valence-electron chi connectivity index (χ2n) is 8.79. The lowest BCUT2D eigenvalue weighted by Gasteiger charge is -2.40. The minimum absolute atomic E-state index is 0.00685. The van der Waals surface area contributed by atoms with Crippen molar-refractivity contribution in [3.8, 4) is 0 Å². The number of ether oxygens (including phenoxy) is 1. The fourth-order valence-corrected chi connectivity index (χ4v) is 5.03. The summed E-state index contributed by atoms with van der Waals surface area (Å²) in [5.41, 5.74) is 1.30. The summed E-state index contributed by atoms with van der Waals surface area (Å²) in [6.45, 7) is 4.18. The average molecular weight is 402 g/mol. The molecule has 0 aromatic heterocycles. The summed E-state index contributed by atoms with van der Waals surface area (Å²) >= 11 is 0. The molecule has 1 heterocycles. The predicted molar refractivity (Wildman–Crippen MR) is 118 cm³/mol. The van der Waals surface area contributed by atoms with Crippen molar-refractivity contribution < 1.29 is 9.53 Å². The smallest absolute Gasteiger partial charge is 0.224 e. The van der Waals surface area contributed by atoms with Crippen LogP contribution in [0.1, 0.15) is 50.5 Å². The van der Waals surface area contributed by atoms with E-state index in [2.05, 4.69) is 46.4 Å². The van der Waals surface area contributed by atoms with Gasteiger partial charge in [0.2, 0.25) is 5.91 Å². The predicted octanol–water partition coefficient (Wildman–Crippen LogP) is 3.29. The zero-order chi connectivity index (χ0) is 20.5. The Morgan fingerprint density at radius 1 is 1.14 bits per heavy atom. The van der Waals surface area contributed by atoms with Crippen molar-refractivity contribution in [3.63, 3.8) is 0 Å². The van der Waals surface area contributed by atoms with Gasteiger partial charge in [-0.3, -0.25) is 9.69 Å². The van der Waals surface area contributed by atoms with Crippen molar-refractivity contribution >= 4 is 5.91 Å². The highest BCUT2D eigenvalue weighted by molar-refractivity contribution is 5.79. The normalized spacial score (nSPS) is 24.0. The lowest BCUT2D eigenvalue weighted by molar-refractivity contribution is -0.130. The van der Waals surface area contributed by atoms with Gasteiger partial charge >= 0.3 is 0 Å². The van der Waals surface area contributed by atoms with Crippen LogP contribution < -0.4 is 5.32 Å². The van der Waals surface area contributed by atoms with E-state index in [1.165, 1.54) is 37.7 Å². The largest absolute Gasteiger partial charge is 0.383 e. The molecule has 2 atom stereocenters. The monoisotopic (exact) mass is 401 g/mol. The van der Waals surface area contributed by atoms with Crippen LogP contribution in [0.4, 0.5) is 0 Å². The zero-order valence-electron chi connectivity index (χ0n) is 18.3. The van der Waals surface area contributed by atoms with Crippen molar-refractivity contribution in [1.82, 2.24) is 15.1 Å². The van der Waals surface area contributed by atoms with Crippen LogP contribution in [0.3, 0.4) is 0 Å². The standard InChI is InChI=1S/C24H39N3O2/c1-26(21-12-7-4-8-13-21)17-15-25-24(28)22-14-9-16-27(23(22)19-29-2)18-20-10-5-3-6-11-20/h3,5-6,10-11,21-23H,4,7-9,12-19H2,1-2H3,(H,25,28)/t22-,23-/m1/s1. The first-order valence-electron chi connectivity index (χ1n) is 11.4. The van der Waals surface area contributed by atoms with E-state index in [4.69, 9.17) is 4.74 Å². The van der Waals surface area contributed by atoms with E-state index >= 15 is 0 Å². The van der Waals surface area contributed by atoms with E-state index in [1.54, 1.807) is 7.11 Å². The minimum atomic E-state index is 0.00685. The number of nitrogens with one attached hydrogen (secondary N) is 1. The Balaban J connectivity index is 1.51. The van der Waals surface area contributed by atoms with Crippen LogP contribution in [0.5, 0.6) is 0 Å². The molecule has 1 amide bonds. The van der Waals surface area contributed by atoms with Crippen LogP contribution in [0.15, 0.2) is 30.3 Å². The topological polar surface area (TPSA) is 44.8 Å². The van der Waals surface area contributed by atoms with E-state index in [0.717, 1.165) is 39.0 Å². The van der Waals surface area contributed by atoms with Crippen molar-refractivity contribution in [2.45, 2.75) is 63.6 Å². The van der Waals surface area contributed by atoms with Gasteiger partial charge in [0, 0.05) is 38.8 Å². The van der Waals surface area contributed by atoms with Crippen molar-refractivity contribution in [1.29, 1.82) is 0 Å². The van der Waals surface area contributed by atoms with Crippen LogP contribution in [0.2, 0.25) is 0 Å². The lowest BCUT2D eigenvalue weighted by Crippen LogP contribution is -2.53. The zero-order valence-corrected chi connectivity index (χ0v) is 18.3. The number of nitrogens with zero attached hydrogens (tertiary/aromatic N) is 2. The summed E-state index contributed by atoms with van der Waals surface area (Å²) in [4.78, 5) is 17.9. The average Bonchev–Trinajstić information content (AvgIpc) is 2.76. The SMILES string of the molecule is COC[C@@H]1[C@H](C(=O)NCCN(C)C2CCCCC2)CCCN1Cc1ccccc1. The van der Waals surface area contributed by atoms with Crippen LogP contribution >= 0.6 is 0 Å². The van der Waals surface area contributed by atoms with Gasteiger partial charge in [-0.2, -0.15) is 0 Å². The quantitative estimate of drug-likeness (QED) is 0.690. The Morgan fingerprint density at radius 3 is 2.62 bits per heavy atom. The number of likely N-dealkylation sites (tertiary alicyclic amines) is 1. The lowest BCUT2D eigenvalue weighted by atomic mass is 9.88. The number of benzene rings is 1. The first-order valence-corrected chi connectivity index (χ1v) is 11.4. The second kappa shape index (κ2) is 11.7. The highest BCUT2D eigenvalue weighted by atomic mass is 16.5. The fraction of sp³-hybridized carbons (Fsp3) is 0.708. The van der Waals surface area contributed by atoms with Gasteiger partial charge < -0.3 is 15.0 Å². The van der Waals surface area contributed by atoms with Gasteiger partial charge in [-0.15, -0.1) is 0 Å². The van der Waals surface area contributed by atoms with Crippen LogP contribution in [0.25, 0.3) is 0 Å². The number of rotatable bonds is 9. The van der Waals surface area contributed by atoms with E-state index in [9.17, 15) is 4.79 Å². The molecule has 1 saturated carbocycles. The van der Waals surface area contributed by atoms with Crippen LogP contribution in [-0.4, -0.2) is 68.2 Å². The van der Waals surface area contributed by atoms with Crippen LogP contribution in [-0.2, 0) is 16.1 Å². The molecule has 1 saturated heterocycles. The molecule has 0 spiro atoms. The Hall–Kier alpha value is -1.43. The number of likely N-dealkylation sites (N-methyl/N-ethyl adjacent to an activating group) is 1. The van der Waals surface area contributed by atoms with Gasteiger partial charge in [0.25, 0.3) is 0 Å². The minimum Gasteiger partial charge on any atom is -0.383 e. The Morgan fingerprint density at radius 2 is 1.90 bits per heavy atom. The molecule has 5 heteroatoms. The maximum atomic E-state index is 13.0. The number of piperidine rings is 1. The highest BCUT2D eigenvalue weighted by Crippen LogP contribution is 2.26. The number of amides is 1. The molecule has 3 rings (SSSR count). The Bertz CT molecular complexity index is 603. The van der Waals surface area contributed by atoms with Crippen molar-refractivity contribution in [3.05, 3.63) is 35.9 Å². The molecular formula is C24H39N3O2. The third-order valence-electron chi connectivity index (χ3n) is 6.76. The van der Waals surface area contributed by atoms with E-state index in [1.807, 2.05) is 6.07 Å². The first-order chi connectivity index (χ1) is 14.2. The maximum absolute atomic E-state index is 13.0. The third-order valence-corrected chi connectivity index (χ3v) is 6.76. The fourth-order valence-electron chi connectivity index (χ4n) is 5.03. The molecule has 29 heavy (non-hydrogen) atoms. The van der Waals surface area contributed by atoms with Crippen molar-refractivity contribution in [2.75, 3.05) is 40.4 Å². The summed E-state index contributed by atoms with van der Waals surface area (Å²) in [6.07, 6.45) is 8.69. The molecule has 1 N–H and O–H groups in total. The van der Waals surface area contributed by atoms with E-state index in [-0.39, 0.29) is 17.9 Å². The molecular weight excluding hydrogens is 362 g/mol. The summed E-state index contributed by atoms with van der Waals surface area (Å²) in [6, 6.07) is 11.4. The third kappa shape index (κ3) is 6.53. The molecule has 0 bridgehead atoms. The first kappa shape index (κ1) is 22.3. The maximum Gasteiger partial charge on any atom is 0.224 e. The molecule has 1 aliphatic carbocycles. The molecule has 1 aromatic rings. The summed E-state index contributed by atoms with van der Waals surface area (Å²) in [5, 5.41) is 3.23. The highest BCUT2D eigenvalue weighted by Gasteiger charge is 2.35. The second-order valence-corrected chi connectivity index (χ2v) is 8.79. The summed E-state index contributed by atoms with van der Waals surface area (Å²) < 4.78 is 5.52. The molecule has 0 radical (unpaired) electrons. The molecule has 5 nitrogen and oxygen atoms in total. The van der Waals surface area contributed by atoms with E-state index < -0.39 is 0 Å². The molecule has 1 aromatic carbocycles. The summed E-state index contributed by atoms with van der Waals surface area (Å²) in [7, 11) is 3.95. The Kier molecular flexibility index (Phi) is 8.96. The molecule has 162 valence electrons. The van der Waals surface area contributed by atoms with Gasteiger partial charge in [-0.1, -0.05) is 49.6 Å². The molecule has 2 fully saturated rings. The van der Waals surface area contributed by atoms with E-state index in [0.29, 0.717) is 12.6 Å². The van der Waals surface area contributed by atoms with Gasteiger partial charge in [0.15, 0.2) is 0 Å². The number of carbonyl (C=O) groups excluding carboxylic acids is 1.